The topological polar surface area (TPSA) is 85.4 Å². The van der Waals surface area contributed by atoms with E-state index in [2.05, 4.69) is 20.8 Å². The monoisotopic (exact) mass is 476 g/mol. The Balaban J connectivity index is 2.37. The minimum Gasteiger partial charge on any atom is -0.496 e. The first-order chi connectivity index (χ1) is 15.4. The maximum atomic E-state index is 13.5. The minimum absolute atomic E-state index is 0.00717. The third-order valence-electron chi connectivity index (χ3n) is 5.23. The molecule has 1 atom stereocenters. The van der Waals surface area contributed by atoms with Crippen LogP contribution in [0.25, 0.3) is 0 Å². The van der Waals surface area contributed by atoms with Crippen molar-refractivity contribution >= 4 is 18.0 Å². The molecule has 1 aliphatic heterocycles. The van der Waals surface area contributed by atoms with Gasteiger partial charge in [-0.15, -0.1) is 0 Å². The first-order valence-corrected chi connectivity index (χ1v) is 11.6. The van der Waals surface area contributed by atoms with Crippen LogP contribution in [0.3, 0.4) is 0 Å². The van der Waals surface area contributed by atoms with Crippen molar-refractivity contribution in [2.24, 2.45) is 0 Å². The van der Waals surface area contributed by atoms with Gasteiger partial charge in [0.15, 0.2) is 0 Å². The van der Waals surface area contributed by atoms with E-state index in [1.165, 1.54) is 9.80 Å². The highest BCUT2D eigenvalue weighted by Gasteiger charge is 2.41. The first-order valence-electron chi connectivity index (χ1n) is 11.6. The van der Waals surface area contributed by atoms with E-state index < -0.39 is 29.3 Å². The SMILES string of the molecule is COc1cc(C(=O)N2CCN(C(=O)OC(C)(C)C)CC2C(=O)OC(C)(C)C)ccc1C(C)(C)C. The Morgan fingerprint density at radius 1 is 0.882 bits per heavy atom. The number of benzene rings is 1. The van der Waals surface area contributed by atoms with Gasteiger partial charge >= 0.3 is 12.1 Å². The van der Waals surface area contributed by atoms with E-state index in [1.54, 1.807) is 60.8 Å². The fourth-order valence-corrected chi connectivity index (χ4v) is 3.70. The van der Waals surface area contributed by atoms with E-state index >= 15 is 0 Å². The molecule has 0 spiro atoms. The van der Waals surface area contributed by atoms with Crippen LogP contribution >= 0.6 is 0 Å². The summed E-state index contributed by atoms with van der Waals surface area (Å²) < 4.78 is 16.6. The lowest BCUT2D eigenvalue weighted by atomic mass is 9.85. The lowest BCUT2D eigenvalue weighted by Gasteiger charge is -2.41. The quantitative estimate of drug-likeness (QED) is 0.602. The maximum Gasteiger partial charge on any atom is 0.410 e. The Morgan fingerprint density at radius 3 is 1.97 bits per heavy atom. The second-order valence-corrected chi connectivity index (χ2v) is 11.6. The molecule has 1 fully saturated rings. The molecule has 8 nitrogen and oxygen atoms in total. The lowest BCUT2D eigenvalue weighted by molar-refractivity contribution is -0.162. The molecule has 0 saturated carbocycles. The van der Waals surface area contributed by atoms with Crippen LogP contribution < -0.4 is 4.74 Å². The van der Waals surface area contributed by atoms with Gasteiger partial charge in [-0.1, -0.05) is 26.8 Å². The Bertz CT molecular complexity index is 921. The molecular weight excluding hydrogens is 436 g/mol. The number of amides is 2. The zero-order chi connectivity index (χ0) is 26.1. The molecule has 2 amide bonds. The summed E-state index contributed by atoms with van der Waals surface area (Å²) in [5.74, 6) is -0.273. The molecule has 0 radical (unpaired) electrons. The highest BCUT2D eigenvalue weighted by molar-refractivity contribution is 5.97. The molecule has 1 aromatic rings. The normalized spacial score (nSPS) is 17.3. The van der Waals surface area contributed by atoms with E-state index in [9.17, 15) is 14.4 Å². The van der Waals surface area contributed by atoms with Crippen LogP contribution in [0.1, 0.15) is 78.2 Å². The van der Waals surface area contributed by atoms with Crippen LogP contribution in [0.15, 0.2) is 18.2 Å². The van der Waals surface area contributed by atoms with Crippen molar-refractivity contribution in [3.63, 3.8) is 0 Å². The summed E-state index contributed by atoms with van der Waals surface area (Å²) in [7, 11) is 1.57. The molecule has 1 heterocycles. The van der Waals surface area contributed by atoms with Crippen LogP contribution in [-0.4, -0.2) is 71.8 Å². The zero-order valence-corrected chi connectivity index (χ0v) is 22.3. The molecule has 190 valence electrons. The molecule has 1 saturated heterocycles. The standard InChI is InChI=1S/C26H40N2O6/c1-24(2,3)18-12-11-17(15-20(18)32-10)21(29)28-14-13-27(23(31)34-26(7,8)9)16-19(28)22(30)33-25(4,5)6/h11-12,15,19H,13-14,16H2,1-10H3. The van der Waals surface area contributed by atoms with E-state index in [1.807, 2.05) is 6.07 Å². The summed E-state index contributed by atoms with van der Waals surface area (Å²) in [6.07, 6.45) is -0.524. The van der Waals surface area contributed by atoms with Gasteiger partial charge in [-0.3, -0.25) is 4.79 Å². The number of esters is 1. The number of nitrogens with zero attached hydrogens (tertiary/aromatic N) is 2. The van der Waals surface area contributed by atoms with E-state index in [0.29, 0.717) is 11.3 Å². The van der Waals surface area contributed by atoms with Crippen molar-refractivity contribution < 1.29 is 28.6 Å². The molecule has 0 bridgehead atoms. The lowest BCUT2D eigenvalue weighted by Crippen LogP contribution is -2.60. The Morgan fingerprint density at radius 2 is 1.47 bits per heavy atom. The number of rotatable bonds is 3. The summed E-state index contributed by atoms with van der Waals surface area (Å²) in [5.41, 5.74) is -0.187. The fraction of sp³-hybridized carbons (Fsp3) is 0.654. The van der Waals surface area contributed by atoms with Gasteiger partial charge in [0.25, 0.3) is 5.91 Å². The van der Waals surface area contributed by atoms with Gasteiger partial charge in [0.05, 0.1) is 13.7 Å². The van der Waals surface area contributed by atoms with Gasteiger partial charge < -0.3 is 24.0 Å². The highest BCUT2D eigenvalue weighted by Crippen LogP contribution is 2.32. The van der Waals surface area contributed by atoms with Crippen LogP contribution in [0.5, 0.6) is 5.75 Å². The predicted octanol–water partition coefficient (Wildman–Crippen LogP) is 4.40. The molecule has 1 aliphatic rings. The van der Waals surface area contributed by atoms with Crippen molar-refractivity contribution in [2.75, 3.05) is 26.7 Å². The summed E-state index contributed by atoms with van der Waals surface area (Å²) in [6.45, 7) is 17.3. The molecule has 0 aromatic heterocycles. The minimum atomic E-state index is -0.957. The number of piperazine rings is 1. The maximum absolute atomic E-state index is 13.5. The van der Waals surface area contributed by atoms with Crippen molar-refractivity contribution in [3.8, 4) is 5.75 Å². The molecule has 8 heteroatoms. The average molecular weight is 477 g/mol. The van der Waals surface area contributed by atoms with Crippen LogP contribution in [0.4, 0.5) is 4.79 Å². The summed E-state index contributed by atoms with van der Waals surface area (Å²) in [6, 6.07) is 4.37. The summed E-state index contributed by atoms with van der Waals surface area (Å²) in [5, 5.41) is 0. The largest absolute Gasteiger partial charge is 0.496 e. The smallest absolute Gasteiger partial charge is 0.410 e. The van der Waals surface area contributed by atoms with Crippen molar-refractivity contribution in [1.82, 2.24) is 9.80 Å². The van der Waals surface area contributed by atoms with Gasteiger partial charge in [-0.2, -0.15) is 0 Å². The molecule has 34 heavy (non-hydrogen) atoms. The van der Waals surface area contributed by atoms with Gasteiger partial charge in [-0.25, -0.2) is 9.59 Å². The van der Waals surface area contributed by atoms with Gasteiger partial charge in [-0.05, 0) is 64.7 Å². The van der Waals surface area contributed by atoms with E-state index in [-0.39, 0.29) is 31.0 Å². The predicted molar refractivity (Wildman–Crippen MR) is 130 cm³/mol. The van der Waals surface area contributed by atoms with Crippen LogP contribution in [0.2, 0.25) is 0 Å². The van der Waals surface area contributed by atoms with Gasteiger partial charge in [0.2, 0.25) is 0 Å². The molecule has 0 aliphatic carbocycles. The summed E-state index contributed by atoms with van der Waals surface area (Å²) >= 11 is 0. The molecule has 2 rings (SSSR count). The van der Waals surface area contributed by atoms with Crippen LogP contribution in [-0.2, 0) is 19.7 Å². The van der Waals surface area contributed by atoms with Crippen molar-refractivity contribution in [1.29, 1.82) is 0 Å². The number of carbonyl (C=O) groups is 3. The Kier molecular flexibility index (Phi) is 7.95. The van der Waals surface area contributed by atoms with Crippen molar-refractivity contribution in [2.45, 2.75) is 85.0 Å². The molecular formula is C26H40N2O6. The van der Waals surface area contributed by atoms with Crippen LogP contribution in [0, 0.1) is 0 Å². The Labute approximate surface area is 203 Å². The third-order valence-corrected chi connectivity index (χ3v) is 5.23. The first kappa shape index (κ1) is 27.5. The number of ether oxygens (including phenoxy) is 3. The van der Waals surface area contributed by atoms with Gasteiger partial charge in [0.1, 0.15) is 23.0 Å². The third kappa shape index (κ3) is 7.11. The second kappa shape index (κ2) is 9.84. The Hall–Kier alpha value is -2.77. The molecule has 0 N–H and O–H groups in total. The number of hydrogen-bond acceptors (Lipinski definition) is 6. The average Bonchev–Trinajstić information content (AvgIpc) is 2.69. The number of hydrogen-bond donors (Lipinski definition) is 0. The zero-order valence-electron chi connectivity index (χ0n) is 22.3. The van der Waals surface area contributed by atoms with E-state index in [4.69, 9.17) is 14.2 Å². The fourth-order valence-electron chi connectivity index (χ4n) is 3.70. The summed E-state index contributed by atoms with van der Waals surface area (Å²) in [4.78, 5) is 42.2. The van der Waals surface area contributed by atoms with Gasteiger partial charge in [0, 0.05) is 18.7 Å². The van der Waals surface area contributed by atoms with Crippen molar-refractivity contribution in [3.05, 3.63) is 29.3 Å². The molecule has 1 unspecified atom stereocenters. The second-order valence-electron chi connectivity index (χ2n) is 11.6. The highest BCUT2D eigenvalue weighted by atomic mass is 16.6. The number of carbonyl (C=O) groups excluding carboxylic acids is 3. The molecule has 1 aromatic carbocycles. The van der Waals surface area contributed by atoms with E-state index in [0.717, 1.165) is 5.56 Å². The number of methoxy groups -OCH3 is 1.